The Hall–Kier alpha value is -0.480. The van der Waals surface area contributed by atoms with Crippen molar-refractivity contribution in [1.82, 2.24) is 0 Å². The largest absolute Gasteiger partial charge is 0.370 e. The van der Waals surface area contributed by atoms with Gasteiger partial charge in [0.2, 0.25) is 0 Å². The van der Waals surface area contributed by atoms with Crippen LogP contribution in [0.4, 0.5) is 0 Å². The van der Waals surface area contributed by atoms with Crippen molar-refractivity contribution in [3.63, 3.8) is 0 Å². The van der Waals surface area contributed by atoms with Crippen molar-refractivity contribution in [1.29, 1.82) is 0 Å². The molecule has 0 aliphatic carbocycles. The lowest BCUT2D eigenvalue weighted by atomic mass is 11.1. The average Bonchev–Trinajstić information content (AvgIpc) is 1.73. The van der Waals surface area contributed by atoms with E-state index in [1.165, 1.54) is 7.05 Å². The SMILES string of the molecule is CN=C(N)N.OCl. The van der Waals surface area contributed by atoms with Crippen LogP contribution in [0.2, 0.25) is 0 Å². The summed E-state index contributed by atoms with van der Waals surface area (Å²) in [5.74, 6) is 0.130. The molecule has 0 aromatic carbocycles. The Morgan fingerprint density at radius 3 is 1.71 bits per heavy atom. The highest BCUT2D eigenvalue weighted by molar-refractivity contribution is 6.04. The molecule has 44 valence electrons. The minimum Gasteiger partial charge on any atom is -0.370 e. The first-order valence-corrected chi connectivity index (χ1v) is 1.76. The fourth-order valence-electron chi connectivity index (χ4n) is 0. The third-order valence-corrected chi connectivity index (χ3v) is 0.258. The third-order valence-electron chi connectivity index (χ3n) is 0.258. The molecule has 0 amide bonds. The van der Waals surface area contributed by atoms with Crippen LogP contribution in [0.25, 0.3) is 0 Å². The zero-order valence-corrected chi connectivity index (χ0v) is 4.68. The summed E-state index contributed by atoms with van der Waals surface area (Å²) in [6, 6.07) is 0. The molecule has 0 bridgehead atoms. The number of hydrogen-bond donors (Lipinski definition) is 3. The van der Waals surface area contributed by atoms with Gasteiger partial charge in [0, 0.05) is 7.05 Å². The Kier molecular flexibility index (Phi) is 12.6. The molecule has 0 heterocycles. The van der Waals surface area contributed by atoms with E-state index in [4.69, 9.17) is 16.1 Å². The van der Waals surface area contributed by atoms with Gasteiger partial charge < -0.3 is 11.5 Å². The second-order valence-corrected chi connectivity index (χ2v) is 0.648. The second-order valence-electron chi connectivity index (χ2n) is 0.648. The summed E-state index contributed by atoms with van der Waals surface area (Å²) in [6.07, 6.45) is 0. The normalized spacial score (nSPS) is 5.57. The van der Waals surface area contributed by atoms with Crippen molar-refractivity contribution in [3.05, 3.63) is 0 Å². The number of guanidine groups is 1. The lowest BCUT2D eigenvalue weighted by molar-refractivity contribution is 0.632. The first-order valence-electron chi connectivity index (χ1n) is 1.42. The highest BCUT2D eigenvalue weighted by Crippen LogP contribution is 1.40. The van der Waals surface area contributed by atoms with E-state index in [-0.39, 0.29) is 5.96 Å². The van der Waals surface area contributed by atoms with Crippen LogP contribution in [0, 0.1) is 0 Å². The first kappa shape index (κ1) is 9.72. The average molecular weight is 126 g/mol. The van der Waals surface area contributed by atoms with Crippen molar-refractivity contribution in [2.45, 2.75) is 0 Å². The van der Waals surface area contributed by atoms with Gasteiger partial charge in [-0.25, -0.2) is 0 Å². The molecule has 0 atom stereocenters. The Morgan fingerprint density at radius 2 is 1.71 bits per heavy atom. The lowest BCUT2D eigenvalue weighted by Gasteiger charge is -1.77. The molecule has 0 unspecified atom stereocenters. The van der Waals surface area contributed by atoms with Crippen LogP contribution >= 0.6 is 11.9 Å². The van der Waals surface area contributed by atoms with Gasteiger partial charge >= 0.3 is 0 Å². The number of nitrogens with two attached hydrogens (primary N) is 2. The quantitative estimate of drug-likeness (QED) is 0.288. The fourth-order valence-corrected chi connectivity index (χ4v) is 0. The summed E-state index contributed by atoms with van der Waals surface area (Å²) < 4.78 is 6.47. The van der Waals surface area contributed by atoms with Crippen LogP contribution < -0.4 is 11.5 Å². The van der Waals surface area contributed by atoms with Gasteiger partial charge in [0.15, 0.2) is 5.96 Å². The summed E-state index contributed by atoms with van der Waals surface area (Å²) in [7, 11) is 1.54. The summed E-state index contributed by atoms with van der Waals surface area (Å²) in [6.45, 7) is 0. The van der Waals surface area contributed by atoms with Crippen molar-refractivity contribution < 1.29 is 4.66 Å². The van der Waals surface area contributed by atoms with Crippen LogP contribution in [-0.4, -0.2) is 17.7 Å². The monoisotopic (exact) mass is 125 g/mol. The van der Waals surface area contributed by atoms with Gasteiger partial charge in [0.05, 0.1) is 11.9 Å². The highest BCUT2D eigenvalue weighted by Gasteiger charge is 1.61. The Balaban J connectivity index is 0. The molecular formula is C2H8ClN3O. The van der Waals surface area contributed by atoms with E-state index in [1.54, 1.807) is 0 Å². The molecule has 0 radical (unpaired) electrons. The predicted octanol–water partition coefficient (Wildman–Crippen LogP) is -0.978. The number of hydrogen-bond acceptors (Lipinski definition) is 2. The van der Waals surface area contributed by atoms with Gasteiger partial charge in [-0.05, 0) is 0 Å². The predicted molar refractivity (Wildman–Crippen MR) is 29.8 cm³/mol. The molecule has 0 rings (SSSR count). The topological polar surface area (TPSA) is 84.6 Å². The summed E-state index contributed by atoms with van der Waals surface area (Å²) in [5, 5.41) is 0. The minimum atomic E-state index is 0.130. The van der Waals surface area contributed by atoms with Gasteiger partial charge in [0.1, 0.15) is 0 Å². The van der Waals surface area contributed by atoms with Crippen LogP contribution in [0.3, 0.4) is 0 Å². The Morgan fingerprint density at radius 1 is 1.57 bits per heavy atom. The van der Waals surface area contributed by atoms with Crippen LogP contribution in [0.15, 0.2) is 4.99 Å². The third kappa shape index (κ3) is 29.6. The van der Waals surface area contributed by atoms with Crippen LogP contribution in [0.1, 0.15) is 0 Å². The van der Waals surface area contributed by atoms with Crippen molar-refractivity contribution in [2.75, 3.05) is 7.05 Å². The Bertz CT molecular complexity index is 50.9. The standard InChI is InChI=1S/C2H7N3.ClHO/c1-5-2(3)4;1-2/h1H3,(H4,3,4,5);2H. The van der Waals surface area contributed by atoms with E-state index in [0.29, 0.717) is 0 Å². The minimum absolute atomic E-state index is 0.130. The van der Waals surface area contributed by atoms with E-state index in [0.717, 1.165) is 0 Å². The number of rotatable bonds is 0. The number of aliphatic imine (C=N–C) groups is 1. The highest BCUT2D eigenvalue weighted by atomic mass is 35.5. The summed E-state index contributed by atoms with van der Waals surface area (Å²) in [5.41, 5.74) is 9.64. The molecule has 0 aromatic rings. The molecular weight excluding hydrogens is 117 g/mol. The molecule has 0 saturated carbocycles. The number of nitrogens with zero attached hydrogens (tertiary/aromatic N) is 1. The molecule has 5 heteroatoms. The van der Waals surface area contributed by atoms with Gasteiger partial charge in [-0.15, -0.1) is 0 Å². The molecule has 0 saturated heterocycles. The zero-order valence-electron chi connectivity index (χ0n) is 3.93. The maximum Gasteiger partial charge on any atom is 0.185 e. The Labute approximate surface area is 47.0 Å². The maximum absolute atomic E-state index is 6.47. The van der Waals surface area contributed by atoms with Crippen LogP contribution in [0.5, 0.6) is 0 Å². The fraction of sp³-hybridized carbons (Fsp3) is 0.500. The molecule has 0 aliphatic heterocycles. The van der Waals surface area contributed by atoms with E-state index in [1.807, 2.05) is 0 Å². The van der Waals surface area contributed by atoms with Gasteiger partial charge in [-0.1, -0.05) is 0 Å². The smallest absolute Gasteiger partial charge is 0.185 e. The van der Waals surface area contributed by atoms with E-state index < -0.39 is 0 Å². The first-order chi connectivity index (χ1) is 3.27. The zero-order chi connectivity index (χ0) is 6.28. The molecule has 5 N–H and O–H groups in total. The van der Waals surface area contributed by atoms with Crippen molar-refractivity contribution >= 4 is 17.8 Å². The summed E-state index contributed by atoms with van der Waals surface area (Å²) >= 11 is 3.64. The van der Waals surface area contributed by atoms with Crippen molar-refractivity contribution in [2.24, 2.45) is 16.5 Å². The lowest BCUT2D eigenvalue weighted by Crippen LogP contribution is -2.21. The van der Waals surface area contributed by atoms with Gasteiger partial charge in [-0.3, -0.25) is 9.65 Å². The van der Waals surface area contributed by atoms with Gasteiger partial charge in [-0.2, -0.15) is 0 Å². The molecule has 0 aromatic heterocycles. The van der Waals surface area contributed by atoms with Gasteiger partial charge in [0.25, 0.3) is 0 Å². The second kappa shape index (κ2) is 9.10. The van der Waals surface area contributed by atoms with E-state index in [2.05, 4.69) is 16.9 Å². The maximum atomic E-state index is 6.47. The molecule has 0 fully saturated rings. The summed E-state index contributed by atoms with van der Waals surface area (Å²) in [4.78, 5) is 3.36. The van der Waals surface area contributed by atoms with Crippen molar-refractivity contribution in [3.8, 4) is 0 Å². The molecule has 0 spiro atoms. The van der Waals surface area contributed by atoms with Crippen LogP contribution in [-0.2, 0) is 0 Å². The van der Waals surface area contributed by atoms with E-state index >= 15 is 0 Å². The number of halogens is 1. The molecule has 4 nitrogen and oxygen atoms in total. The van der Waals surface area contributed by atoms with E-state index in [9.17, 15) is 0 Å². The molecule has 0 aliphatic rings. The molecule has 7 heavy (non-hydrogen) atoms.